The summed E-state index contributed by atoms with van der Waals surface area (Å²) >= 11 is 0. The van der Waals surface area contributed by atoms with Crippen LogP contribution in [0.3, 0.4) is 0 Å². The van der Waals surface area contributed by atoms with Crippen LogP contribution in [-0.2, 0) is 4.74 Å². The second-order valence-corrected chi connectivity index (χ2v) is 7.40. The number of nitrogens with one attached hydrogen (secondary N) is 1. The van der Waals surface area contributed by atoms with Gasteiger partial charge in [-0.05, 0) is 47.0 Å². The van der Waals surface area contributed by atoms with Gasteiger partial charge in [-0.2, -0.15) is 0 Å². The zero-order valence-corrected chi connectivity index (χ0v) is 13.8. The summed E-state index contributed by atoms with van der Waals surface area (Å²) in [7, 11) is 0. The Morgan fingerprint density at radius 1 is 1.00 bits per heavy atom. The summed E-state index contributed by atoms with van der Waals surface area (Å²) in [6.07, 6.45) is 10.8. The van der Waals surface area contributed by atoms with Crippen LogP contribution in [0.5, 0.6) is 0 Å². The summed E-state index contributed by atoms with van der Waals surface area (Å²) in [5.41, 5.74) is 0.355. The molecule has 2 heteroatoms. The maximum Gasteiger partial charge on any atom is 0.0751 e. The molecule has 114 valence electrons. The quantitative estimate of drug-likeness (QED) is 0.646. The summed E-state index contributed by atoms with van der Waals surface area (Å²) < 4.78 is 6.14. The third-order valence-corrected chi connectivity index (χ3v) is 4.31. The van der Waals surface area contributed by atoms with E-state index in [9.17, 15) is 0 Å². The minimum absolute atomic E-state index is 0.101. The van der Waals surface area contributed by atoms with Gasteiger partial charge < -0.3 is 10.1 Å². The van der Waals surface area contributed by atoms with Crippen molar-refractivity contribution in [2.75, 3.05) is 6.61 Å². The molecule has 1 fully saturated rings. The molecule has 0 saturated carbocycles. The van der Waals surface area contributed by atoms with E-state index in [1.165, 1.54) is 51.4 Å². The Balaban J connectivity index is 2.15. The topological polar surface area (TPSA) is 21.3 Å². The molecule has 19 heavy (non-hydrogen) atoms. The summed E-state index contributed by atoms with van der Waals surface area (Å²) in [5, 5.41) is 3.73. The van der Waals surface area contributed by atoms with Crippen LogP contribution in [0.4, 0.5) is 0 Å². The predicted molar refractivity (Wildman–Crippen MR) is 83.6 cm³/mol. The highest BCUT2D eigenvalue weighted by Gasteiger charge is 2.40. The second-order valence-electron chi connectivity index (χ2n) is 7.40. The molecule has 1 aliphatic heterocycles. The molecular weight excluding hydrogens is 234 g/mol. The smallest absolute Gasteiger partial charge is 0.0751 e. The highest BCUT2D eigenvalue weighted by atomic mass is 16.5. The zero-order valence-electron chi connectivity index (χ0n) is 13.8. The standard InChI is InChI=1S/C17H35NO/c1-6-7-8-9-10-11-14-19-15-12-13-16(2,3)18-17(15,4)5/h15,18H,6-14H2,1-5H3. The molecule has 1 unspecified atom stereocenters. The molecule has 1 aliphatic rings. The molecule has 0 amide bonds. The van der Waals surface area contributed by atoms with Crippen LogP contribution in [0, 0.1) is 0 Å². The van der Waals surface area contributed by atoms with E-state index in [2.05, 4.69) is 39.9 Å². The molecule has 1 heterocycles. The van der Waals surface area contributed by atoms with Gasteiger partial charge in [0.15, 0.2) is 0 Å². The molecule has 1 N–H and O–H groups in total. The molecule has 0 bridgehead atoms. The summed E-state index contributed by atoms with van der Waals surface area (Å²) in [6, 6.07) is 0. The Morgan fingerprint density at radius 2 is 1.63 bits per heavy atom. The van der Waals surface area contributed by atoms with E-state index in [0.29, 0.717) is 6.10 Å². The third kappa shape index (κ3) is 6.27. The molecule has 0 aromatic heterocycles. The molecule has 0 aromatic rings. The molecule has 2 nitrogen and oxygen atoms in total. The van der Waals surface area contributed by atoms with E-state index in [-0.39, 0.29) is 11.1 Å². The number of ether oxygens (including phenoxy) is 1. The highest BCUT2D eigenvalue weighted by Crippen LogP contribution is 2.30. The van der Waals surface area contributed by atoms with Crippen molar-refractivity contribution in [3.05, 3.63) is 0 Å². The first-order valence-electron chi connectivity index (χ1n) is 8.28. The van der Waals surface area contributed by atoms with Crippen molar-refractivity contribution in [1.82, 2.24) is 5.32 Å². The summed E-state index contributed by atoms with van der Waals surface area (Å²) in [4.78, 5) is 0. The highest BCUT2D eigenvalue weighted by molar-refractivity contribution is 4.99. The summed E-state index contributed by atoms with van der Waals surface area (Å²) in [5.74, 6) is 0. The SMILES string of the molecule is CCCCCCCCOC1CCC(C)(C)NC1(C)C. The minimum atomic E-state index is 0.101. The fourth-order valence-corrected chi connectivity index (χ4v) is 3.27. The number of unbranched alkanes of at least 4 members (excludes halogenated alkanes) is 5. The van der Waals surface area contributed by atoms with Crippen molar-refractivity contribution < 1.29 is 4.74 Å². The van der Waals surface area contributed by atoms with Gasteiger partial charge in [0.1, 0.15) is 0 Å². The van der Waals surface area contributed by atoms with Gasteiger partial charge in [-0.1, -0.05) is 39.0 Å². The van der Waals surface area contributed by atoms with Gasteiger partial charge in [-0.15, -0.1) is 0 Å². The first-order chi connectivity index (χ1) is 8.87. The van der Waals surface area contributed by atoms with Gasteiger partial charge in [0.25, 0.3) is 0 Å². The van der Waals surface area contributed by atoms with Crippen LogP contribution in [0.2, 0.25) is 0 Å². The Hall–Kier alpha value is -0.0800. The lowest BCUT2D eigenvalue weighted by atomic mass is 9.80. The molecule has 0 radical (unpaired) electrons. The van der Waals surface area contributed by atoms with Crippen molar-refractivity contribution in [2.24, 2.45) is 0 Å². The predicted octanol–water partition coefficient (Wildman–Crippen LogP) is 4.67. The van der Waals surface area contributed by atoms with Crippen LogP contribution in [0.1, 0.15) is 86.0 Å². The van der Waals surface area contributed by atoms with Crippen LogP contribution in [-0.4, -0.2) is 23.8 Å². The largest absolute Gasteiger partial charge is 0.376 e. The van der Waals surface area contributed by atoms with Crippen molar-refractivity contribution in [3.63, 3.8) is 0 Å². The average molecular weight is 269 g/mol. The van der Waals surface area contributed by atoms with Crippen molar-refractivity contribution in [2.45, 2.75) is 103 Å². The Bertz CT molecular complexity index is 248. The van der Waals surface area contributed by atoms with Gasteiger partial charge in [-0.3, -0.25) is 0 Å². The van der Waals surface area contributed by atoms with E-state index >= 15 is 0 Å². The van der Waals surface area contributed by atoms with Crippen LogP contribution >= 0.6 is 0 Å². The number of hydrogen-bond donors (Lipinski definition) is 1. The minimum Gasteiger partial charge on any atom is -0.376 e. The van der Waals surface area contributed by atoms with Crippen LogP contribution < -0.4 is 5.32 Å². The van der Waals surface area contributed by atoms with Crippen molar-refractivity contribution >= 4 is 0 Å². The number of rotatable bonds is 8. The Labute approximate surface area is 120 Å². The molecule has 0 aliphatic carbocycles. The average Bonchev–Trinajstić information content (AvgIpc) is 2.28. The maximum atomic E-state index is 6.14. The molecule has 1 atom stereocenters. The van der Waals surface area contributed by atoms with Gasteiger partial charge in [0, 0.05) is 17.7 Å². The summed E-state index contributed by atoms with van der Waals surface area (Å²) in [6.45, 7) is 12.3. The molecule has 0 aromatic carbocycles. The number of hydrogen-bond acceptors (Lipinski definition) is 2. The van der Waals surface area contributed by atoms with E-state index in [0.717, 1.165) is 6.61 Å². The number of piperidine rings is 1. The third-order valence-electron chi connectivity index (χ3n) is 4.31. The van der Waals surface area contributed by atoms with E-state index in [1.807, 2.05) is 0 Å². The maximum absolute atomic E-state index is 6.14. The van der Waals surface area contributed by atoms with Gasteiger partial charge in [-0.25, -0.2) is 0 Å². The lowest BCUT2D eigenvalue weighted by molar-refractivity contribution is -0.0455. The Kier molecular flexibility index (Phi) is 6.82. The fraction of sp³-hybridized carbons (Fsp3) is 1.00. The van der Waals surface area contributed by atoms with E-state index in [1.54, 1.807) is 0 Å². The molecular formula is C17H35NO. The van der Waals surface area contributed by atoms with E-state index in [4.69, 9.17) is 4.74 Å². The van der Waals surface area contributed by atoms with Crippen LogP contribution in [0.15, 0.2) is 0 Å². The van der Waals surface area contributed by atoms with E-state index < -0.39 is 0 Å². The molecule has 0 spiro atoms. The monoisotopic (exact) mass is 269 g/mol. The van der Waals surface area contributed by atoms with Gasteiger partial charge >= 0.3 is 0 Å². The fourth-order valence-electron chi connectivity index (χ4n) is 3.27. The first kappa shape index (κ1) is 17.0. The normalized spacial score (nSPS) is 25.4. The van der Waals surface area contributed by atoms with Gasteiger partial charge in [0.2, 0.25) is 0 Å². The zero-order chi connectivity index (χ0) is 14.4. The molecule has 1 saturated heterocycles. The Morgan fingerprint density at radius 3 is 2.26 bits per heavy atom. The second kappa shape index (κ2) is 7.64. The lowest BCUT2D eigenvalue weighted by Crippen LogP contribution is -2.62. The lowest BCUT2D eigenvalue weighted by Gasteiger charge is -2.47. The first-order valence-corrected chi connectivity index (χ1v) is 8.28. The van der Waals surface area contributed by atoms with Crippen molar-refractivity contribution in [1.29, 1.82) is 0 Å². The van der Waals surface area contributed by atoms with Gasteiger partial charge in [0.05, 0.1) is 6.10 Å². The molecule has 1 rings (SSSR count). The van der Waals surface area contributed by atoms with Crippen molar-refractivity contribution in [3.8, 4) is 0 Å². The van der Waals surface area contributed by atoms with Crippen LogP contribution in [0.25, 0.3) is 0 Å².